The molecular weight excluding hydrogens is 144 g/mol. The molecule has 1 saturated carbocycles. The van der Waals surface area contributed by atoms with Gasteiger partial charge in [-0.25, -0.2) is 0 Å². The van der Waals surface area contributed by atoms with Crippen LogP contribution in [0.15, 0.2) is 0 Å². The number of carbonyl (C=O) groups is 1. The maximum Gasteiger partial charge on any atom is 0.293 e. The number of carbonyl (C=O) groups excluding carboxylic acids is 1. The Balaban J connectivity index is 0.000000183. The van der Waals surface area contributed by atoms with E-state index in [2.05, 4.69) is 4.74 Å². The van der Waals surface area contributed by atoms with Crippen LogP contribution in [0.3, 0.4) is 0 Å². The molecule has 0 heterocycles. The summed E-state index contributed by atoms with van der Waals surface area (Å²) in [6, 6.07) is 0. The van der Waals surface area contributed by atoms with Crippen molar-refractivity contribution >= 4 is 6.47 Å². The first-order valence-corrected chi connectivity index (χ1v) is 3.90. The highest BCUT2D eigenvalue weighted by Gasteiger charge is 2.18. The summed E-state index contributed by atoms with van der Waals surface area (Å²) in [6.07, 6.45) is 2.55. The molecule has 1 aliphatic carbocycles. The normalized spacial score (nSPS) is 15.3. The molecule has 3 heteroatoms. The lowest BCUT2D eigenvalue weighted by molar-refractivity contribution is -0.131. The minimum atomic E-state index is 0.0301. The molecule has 0 bridgehead atoms. The first kappa shape index (κ1) is 10.4. The number of aliphatic hydroxyl groups is 1. The van der Waals surface area contributed by atoms with Gasteiger partial charge >= 0.3 is 0 Å². The maximum absolute atomic E-state index is 9.39. The van der Waals surface area contributed by atoms with Gasteiger partial charge in [0.2, 0.25) is 0 Å². The first-order chi connectivity index (χ1) is 5.20. The molecule has 11 heavy (non-hydrogen) atoms. The van der Waals surface area contributed by atoms with Crippen LogP contribution in [0.1, 0.15) is 26.7 Å². The van der Waals surface area contributed by atoms with E-state index in [9.17, 15) is 4.79 Å². The van der Waals surface area contributed by atoms with Gasteiger partial charge in [0, 0.05) is 6.61 Å². The fourth-order valence-electron chi connectivity index (χ4n) is 0.412. The Hall–Kier alpha value is -0.570. The summed E-state index contributed by atoms with van der Waals surface area (Å²) in [6.45, 7) is 4.47. The zero-order chi connectivity index (χ0) is 8.69. The summed E-state index contributed by atoms with van der Waals surface area (Å²) in [7, 11) is 0. The molecule has 0 aromatic carbocycles. The largest absolute Gasteiger partial charge is 0.465 e. The fraction of sp³-hybridized carbons (Fsp3) is 0.875. The highest BCUT2D eigenvalue weighted by Crippen LogP contribution is 2.27. The van der Waals surface area contributed by atoms with E-state index in [0.717, 1.165) is 0 Å². The summed E-state index contributed by atoms with van der Waals surface area (Å²) in [5.74, 6) is 0.690. The van der Waals surface area contributed by atoms with Crippen molar-refractivity contribution in [3.05, 3.63) is 0 Å². The summed E-state index contributed by atoms with van der Waals surface area (Å²) in [5, 5.41) is 8.21. The van der Waals surface area contributed by atoms with E-state index in [0.29, 0.717) is 19.0 Å². The minimum absolute atomic E-state index is 0.0301. The zero-order valence-electron chi connectivity index (χ0n) is 7.12. The average Bonchev–Trinajstić information content (AvgIpc) is 2.69. The van der Waals surface area contributed by atoms with Crippen molar-refractivity contribution < 1.29 is 14.6 Å². The second-order valence-electron chi connectivity index (χ2n) is 2.91. The van der Waals surface area contributed by atoms with Gasteiger partial charge in [-0.1, -0.05) is 0 Å². The van der Waals surface area contributed by atoms with Crippen LogP contribution in [0.5, 0.6) is 0 Å². The van der Waals surface area contributed by atoms with E-state index in [1.807, 2.05) is 0 Å². The minimum Gasteiger partial charge on any atom is -0.465 e. The van der Waals surface area contributed by atoms with Crippen molar-refractivity contribution in [3.63, 3.8) is 0 Å². The lowest BCUT2D eigenvalue weighted by Gasteiger charge is -1.96. The SMILES string of the molecule is CC(C)OC=O.OCC1CC1. The molecule has 0 atom stereocenters. The van der Waals surface area contributed by atoms with Crippen LogP contribution in [0.2, 0.25) is 0 Å². The summed E-state index contributed by atoms with van der Waals surface area (Å²) in [5.41, 5.74) is 0. The molecule has 0 aromatic rings. The molecule has 0 aliphatic heterocycles. The third kappa shape index (κ3) is 9.43. The van der Waals surface area contributed by atoms with Crippen molar-refractivity contribution in [2.45, 2.75) is 32.8 Å². The van der Waals surface area contributed by atoms with Gasteiger partial charge < -0.3 is 9.84 Å². The van der Waals surface area contributed by atoms with Crippen molar-refractivity contribution in [1.82, 2.24) is 0 Å². The lowest BCUT2D eigenvalue weighted by atomic mass is 10.5. The van der Waals surface area contributed by atoms with Gasteiger partial charge in [-0.05, 0) is 32.6 Å². The Labute approximate surface area is 67.4 Å². The van der Waals surface area contributed by atoms with Crippen LogP contribution < -0.4 is 0 Å². The number of hydrogen-bond acceptors (Lipinski definition) is 3. The summed E-state index contributed by atoms with van der Waals surface area (Å²) >= 11 is 0. The van der Waals surface area contributed by atoms with E-state index in [-0.39, 0.29) is 6.10 Å². The summed E-state index contributed by atoms with van der Waals surface area (Å²) in [4.78, 5) is 9.39. The number of hydrogen-bond donors (Lipinski definition) is 1. The Kier molecular flexibility index (Phi) is 5.84. The maximum atomic E-state index is 9.39. The molecule has 1 fully saturated rings. The molecule has 0 spiro atoms. The van der Waals surface area contributed by atoms with Crippen molar-refractivity contribution in [2.24, 2.45) is 5.92 Å². The second kappa shape index (κ2) is 6.16. The van der Waals surface area contributed by atoms with Gasteiger partial charge in [-0.3, -0.25) is 4.79 Å². The van der Waals surface area contributed by atoms with Crippen molar-refractivity contribution in [1.29, 1.82) is 0 Å². The third-order valence-electron chi connectivity index (χ3n) is 1.28. The Morgan fingerprint density at radius 3 is 2.18 bits per heavy atom. The predicted molar refractivity (Wildman–Crippen MR) is 42.1 cm³/mol. The highest BCUT2D eigenvalue weighted by molar-refractivity contribution is 5.37. The van der Waals surface area contributed by atoms with E-state index in [1.165, 1.54) is 12.8 Å². The molecule has 0 unspecified atom stereocenters. The lowest BCUT2D eigenvalue weighted by Crippen LogP contribution is -1.98. The van der Waals surface area contributed by atoms with Gasteiger partial charge in [0.05, 0.1) is 6.10 Å². The van der Waals surface area contributed by atoms with Crippen molar-refractivity contribution in [2.75, 3.05) is 6.61 Å². The summed E-state index contributed by atoms with van der Waals surface area (Å²) < 4.78 is 4.36. The zero-order valence-corrected chi connectivity index (χ0v) is 7.12. The first-order valence-electron chi connectivity index (χ1n) is 3.90. The van der Waals surface area contributed by atoms with Crippen LogP contribution >= 0.6 is 0 Å². The van der Waals surface area contributed by atoms with Gasteiger partial charge in [-0.15, -0.1) is 0 Å². The number of aliphatic hydroxyl groups excluding tert-OH is 1. The van der Waals surface area contributed by atoms with E-state index < -0.39 is 0 Å². The van der Waals surface area contributed by atoms with Gasteiger partial charge in [0.15, 0.2) is 0 Å². The predicted octanol–water partition coefficient (Wildman–Crippen LogP) is 0.956. The van der Waals surface area contributed by atoms with E-state index in [4.69, 9.17) is 5.11 Å². The molecule has 0 radical (unpaired) electrons. The Morgan fingerprint density at radius 2 is 2.18 bits per heavy atom. The van der Waals surface area contributed by atoms with Crippen LogP contribution in [0.25, 0.3) is 0 Å². The van der Waals surface area contributed by atoms with Gasteiger partial charge in [0.25, 0.3) is 6.47 Å². The molecule has 1 aliphatic rings. The molecule has 0 aromatic heterocycles. The molecular formula is C8H16O3. The molecule has 1 rings (SSSR count). The number of ether oxygens (including phenoxy) is 1. The van der Waals surface area contributed by atoms with E-state index in [1.54, 1.807) is 13.8 Å². The molecule has 3 nitrogen and oxygen atoms in total. The topological polar surface area (TPSA) is 46.5 Å². The highest BCUT2D eigenvalue weighted by atomic mass is 16.5. The van der Waals surface area contributed by atoms with Crippen LogP contribution in [-0.2, 0) is 9.53 Å². The molecule has 1 N–H and O–H groups in total. The molecule has 0 amide bonds. The monoisotopic (exact) mass is 160 g/mol. The van der Waals surface area contributed by atoms with Crippen LogP contribution in [0, 0.1) is 5.92 Å². The van der Waals surface area contributed by atoms with Gasteiger partial charge in [0.1, 0.15) is 0 Å². The quantitative estimate of drug-likeness (QED) is 0.625. The average molecular weight is 160 g/mol. The smallest absolute Gasteiger partial charge is 0.293 e. The number of rotatable bonds is 3. The van der Waals surface area contributed by atoms with E-state index >= 15 is 0 Å². The third-order valence-corrected chi connectivity index (χ3v) is 1.28. The van der Waals surface area contributed by atoms with Crippen LogP contribution in [0.4, 0.5) is 0 Å². The Morgan fingerprint density at radius 1 is 1.64 bits per heavy atom. The standard InChI is InChI=1S/C4H8O2.C4H8O/c1-4(2)6-3-5;5-3-4-1-2-4/h3-4H,1-2H3;4-5H,1-3H2. The second-order valence-corrected chi connectivity index (χ2v) is 2.91. The molecule has 66 valence electrons. The van der Waals surface area contributed by atoms with Crippen LogP contribution in [-0.4, -0.2) is 24.3 Å². The Bertz CT molecular complexity index is 97.5. The molecule has 0 saturated heterocycles. The van der Waals surface area contributed by atoms with Crippen molar-refractivity contribution in [3.8, 4) is 0 Å². The fourth-order valence-corrected chi connectivity index (χ4v) is 0.412. The van der Waals surface area contributed by atoms with Gasteiger partial charge in [-0.2, -0.15) is 0 Å².